The standard InChI is InChI=1S/C19H19FN4O3S/c20-16-8-6-15(7-9-16)14-28(25,26)23-11-18(12-23)24-10-17(21-22-24)13-27-19-4-2-1-3-5-19/h1-10,18H,11-14H2. The zero-order chi connectivity index (χ0) is 19.6. The molecule has 1 aliphatic rings. The molecule has 1 saturated heterocycles. The molecule has 0 unspecified atom stereocenters. The van der Waals surface area contributed by atoms with E-state index in [1.807, 2.05) is 30.3 Å². The molecule has 0 amide bonds. The molecule has 3 aromatic rings. The molecule has 28 heavy (non-hydrogen) atoms. The Morgan fingerprint density at radius 2 is 1.79 bits per heavy atom. The van der Waals surface area contributed by atoms with Crippen molar-refractivity contribution < 1.29 is 17.5 Å². The zero-order valence-corrected chi connectivity index (χ0v) is 15.8. The number of ether oxygens (including phenoxy) is 1. The minimum absolute atomic E-state index is 0.0547. The van der Waals surface area contributed by atoms with Gasteiger partial charge in [0.05, 0.1) is 18.0 Å². The molecule has 0 saturated carbocycles. The number of rotatable bonds is 7. The lowest BCUT2D eigenvalue weighted by Gasteiger charge is -2.37. The fourth-order valence-electron chi connectivity index (χ4n) is 2.93. The van der Waals surface area contributed by atoms with E-state index in [9.17, 15) is 12.8 Å². The van der Waals surface area contributed by atoms with Crippen LogP contribution in [0.3, 0.4) is 0 Å². The van der Waals surface area contributed by atoms with Gasteiger partial charge in [-0.25, -0.2) is 17.5 Å². The van der Waals surface area contributed by atoms with Crippen LogP contribution in [-0.4, -0.2) is 40.8 Å². The molecular weight excluding hydrogens is 383 g/mol. The van der Waals surface area contributed by atoms with E-state index in [-0.39, 0.29) is 17.6 Å². The van der Waals surface area contributed by atoms with Gasteiger partial charge in [0.25, 0.3) is 0 Å². The summed E-state index contributed by atoms with van der Waals surface area (Å²) in [6.45, 7) is 0.973. The van der Waals surface area contributed by atoms with E-state index in [1.165, 1.54) is 28.6 Å². The van der Waals surface area contributed by atoms with E-state index in [0.717, 1.165) is 5.75 Å². The highest BCUT2D eigenvalue weighted by atomic mass is 32.2. The van der Waals surface area contributed by atoms with E-state index in [0.29, 0.717) is 31.0 Å². The van der Waals surface area contributed by atoms with Crippen LogP contribution in [0.2, 0.25) is 0 Å². The molecule has 7 nitrogen and oxygen atoms in total. The van der Waals surface area contributed by atoms with Gasteiger partial charge in [0.2, 0.25) is 10.0 Å². The molecule has 2 heterocycles. The van der Waals surface area contributed by atoms with Crippen molar-refractivity contribution in [3.63, 3.8) is 0 Å². The number of halogens is 1. The summed E-state index contributed by atoms with van der Waals surface area (Å²) in [5.74, 6) is 0.218. The lowest BCUT2D eigenvalue weighted by Crippen LogP contribution is -2.51. The van der Waals surface area contributed by atoms with Crippen molar-refractivity contribution in [2.24, 2.45) is 0 Å². The summed E-state index contributed by atoms with van der Waals surface area (Å²) in [6.07, 6.45) is 1.78. The third-order valence-corrected chi connectivity index (χ3v) is 6.33. The molecule has 0 spiro atoms. The van der Waals surface area contributed by atoms with Crippen LogP contribution in [0.4, 0.5) is 4.39 Å². The predicted molar refractivity (Wildman–Crippen MR) is 100 cm³/mol. The number of aromatic nitrogens is 3. The van der Waals surface area contributed by atoms with Crippen molar-refractivity contribution in [2.45, 2.75) is 18.4 Å². The van der Waals surface area contributed by atoms with Crippen LogP contribution in [0.25, 0.3) is 0 Å². The second-order valence-corrected chi connectivity index (χ2v) is 8.61. The van der Waals surface area contributed by atoms with Crippen LogP contribution >= 0.6 is 0 Å². The van der Waals surface area contributed by atoms with Gasteiger partial charge >= 0.3 is 0 Å². The number of hydrogen-bond acceptors (Lipinski definition) is 5. The van der Waals surface area contributed by atoms with Gasteiger partial charge in [-0.1, -0.05) is 35.5 Å². The Labute approximate surface area is 162 Å². The van der Waals surface area contributed by atoms with E-state index >= 15 is 0 Å². The Hall–Kier alpha value is -2.78. The molecule has 0 radical (unpaired) electrons. The van der Waals surface area contributed by atoms with Crippen molar-refractivity contribution in [3.8, 4) is 5.75 Å². The van der Waals surface area contributed by atoms with Gasteiger partial charge in [0.1, 0.15) is 23.9 Å². The summed E-state index contributed by atoms with van der Waals surface area (Å²) >= 11 is 0. The lowest BCUT2D eigenvalue weighted by molar-refractivity contribution is 0.188. The van der Waals surface area contributed by atoms with Crippen molar-refractivity contribution in [3.05, 3.63) is 77.9 Å². The Balaban J connectivity index is 1.31. The van der Waals surface area contributed by atoms with Crippen LogP contribution in [0.15, 0.2) is 60.8 Å². The first-order chi connectivity index (χ1) is 13.5. The first kappa shape index (κ1) is 18.6. The van der Waals surface area contributed by atoms with Crippen LogP contribution in [0.1, 0.15) is 17.3 Å². The van der Waals surface area contributed by atoms with E-state index in [1.54, 1.807) is 10.9 Å². The molecule has 0 N–H and O–H groups in total. The fraction of sp³-hybridized carbons (Fsp3) is 0.263. The van der Waals surface area contributed by atoms with Gasteiger partial charge in [-0.05, 0) is 29.8 Å². The first-order valence-electron chi connectivity index (χ1n) is 8.80. The van der Waals surface area contributed by atoms with Crippen molar-refractivity contribution in [2.75, 3.05) is 13.1 Å². The number of hydrogen-bond donors (Lipinski definition) is 0. The van der Waals surface area contributed by atoms with Crippen molar-refractivity contribution in [1.82, 2.24) is 19.3 Å². The quantitative estimate of drug-likeness (QED) is 0.606. The molecule has 4 rings (SSSR count). The SMILES string of the molecule is O=S(=O)(Cc1ccc(F)cc1)N1CC(n2cc(COc3ccccc3)nn2)C1. The highest BCUT2D eigenvalue weighted by Gasteiger charge is 2.37. The average Bonchev–Trinajstić information content (AvgIpc) is 3.09. The number of benzene rings is 2. The topological polar surface area (TPSA) is 77.3 Å². The van der Waals surface area contributed by atoms with Crippen LogP contribution < -0.4 is 4.74 Å². The normalized spacial score (nSPS) is 15.3. The minimum atomic E-state index is -3.45. The molecular formula is C19H19FN4O3S. The molecule has 146 valence electrons. The van der Waals surface area contributed by atoms with Gasteiger partial charge < -0.3 is 4.74 Å². The average molecular weight is 402 g/mol. The summed E-state index contributed by atoms with van der Waals surface area (Å²) in [5.41, 5.74) is 1.24. The second kappa shape index (κ2) is 7.69. The molecule has 0 bridgehead atoms. The summed E-state index contributed by atoms with van der Waals surface area (Å²) in [6, 6.07) is 14.9. The highest BCUT2D eigenvalue weighted by Crippen LogP contribution is 2.26. The third kappa shape index (κ3) is 4.20. The van der Waals surface area contributed by atoms with Crippen LogP contribution in [0.5, 0.6) is 5.75 Å². The third-order valence-electron chi connectivity index (χ3n) is 4.55. The molecule has 1 fully saturated rings. The highest BCUT2D eigenvalue weighted by molar-refractivity contribution is 7.88. The Morgan fingerprint density at radius 3 is 2.50 bits per heavy atom. The summed E-state index contributed by atoms with van der Waals surface area (Å²) in [5, 5.41) is 8.17. The fourth-order valence-corrected chi connectivity index (χ4v) is 4.52. The predicted octanol–water partition coefficient (Wildman–Crippen LogP) is 2.38. The van der Waals surface area contributed by atoms with Crippen LogP contribution in [-0.2, 0) is 22.4 Å². The largest absolute Gasteiger partial charge is 0.487 e. The number of para-hydroxylation sites is 1. The van der Waals surface area contributed by atoms with E-state index in [2.05, 4.69) is 10.3 Å². The molecule has 9 heteroatoms. The maximum Gasteiger partial charge on any atom is 0.218 e. The number of nitrogens with zero attached hydrogens (tertiary/aromatic N) is 4. The molecule has 0 aliphatic carbocycles. The molecule has 1 aliphatic heterocycles. The Bertz CT molecular complexity index is 1030. The van der Waals surface area contributed by atoms with E-state index in [4.69, 9.17) is 4.74 Å². The number of sulfonamides is 1. The molecule has 2 aromatic carbocycles. The summed E-state index contributed by atoms with van der Waals surface area (Å²) in [7, 11) is -3.45. The van der Waals surface area contributed by atoms with Crippen molar-refractivity contribution in [1.29, 1.82) is 0 Å². The minimum Gasteiger partial charge on any atom is -0.487 e. The summed E-state index contributed by atoms with van der Waals surface area (Å²) in [4.78, 5) is 0. The summed E-state index contributed by atoms with van der Waals surface area (Å²) < 4.78 is 46.6. The maximum atomic E-state index is 13.0. The van der Waals surface area contributed by atoms with Gasteiger partial charge in [0.15, 0.2) is 0 Å². The lowest BCUT2D eigenvalue weighted by atomic mass is 10.2. The monoisotopic (exact) mass is 402 g/mol. The van der Waals surface area contributed by atoms with Crippen molar-refractivity contribution >= 4 is 10.0 Å². The molecule has 1 aromatic heterocycles. The molecule has 0 atom stereocenters. The Morgan fingerprint density at radius 1 is 1.07 bits per heavy atom. The Kier molecular flexibility index (Phi) is 5.10. The zero-order valence-electron chi connectivity index (χ0n) is 15.0. The van der Waals surface area contributed by atoms with Gasteiger partial charge in [0, 0.05) is 13.1 Å². The first-order valence-corrected chi connectivity index (χ1v) is 10.4. The second-order valence-electron chi connectivity index (χ2n) is 6.65. The van der Waals surface area contributed by atoms with Gasteiger partial charge in [-0.15, -0.1) is 5.10 Å². The van der Waals surface area contributed by atoms with Gasteiger partial charge in [-0.3, -0.25) is 0 Å². The van der Waals surface area contributed by atoms with E-state index < -0.39 is 10.0 Å². The smallest absolute Gasteiger partial charge is 0.218 e. The maximum absolute atomic E-state index is 13.0. The van der Waals surface area contributed by atoms with Crippen LogP contribution in [0, 0.1) is 5.82 Å². The van der Waals surface area contributed by atoms with Gasteiger partial charge in [-0.2, -0.15) is 4.31 Å².